The average Bonchev–Trinajstić information content (AvgIpc) is 2.58. The van der Waals surface area contributed by atoms with Gasteiger partial charge < -0.3 is 20.9 Å². The van der Waals surface area contributed by atoms with E-state index in [1.807, 2.05) is 0 Å². The van der Waals surface area contributed by atoms with Crippen molar-refractivity contribution >= 4 is 21.5 Å². The number of nitrogen functional groups attached to an aromatic ring is 1. The Kier molecular flexibility index (Phi) is 5.28. The van der Waals surface area contributed by atoms with Crippen LogP contribution in [-0.2, 0) is 4.74 Å². The summed E-state index contributed by atoms with van der Waals surface area (Å²) in [6.07, 6.45) is 2.52. The number of thiazole rings is 1. The SMILES string of the molecule is Nc1cnc(NCCCOCCO)s1. The van der Waals surface area contributed by atoms with Crippen LogP contribution in [0, 0.1) is 0 Å². The number of aliphatic hydroxyl groups is 1. The van der Waals surface area contributed by atoms with Crippen LogP contribution >= 0.6 is 11.3 Å². The molecule has 0 saturated carbocycles. The molecule has 0 aliphatic rings. The second-order valence-corrected chi connectivity index (χ2v) is 3.75. The monoisotopic (exact) mass is 217 g/mol. The van der Waals surface area contributed by atoms with Gasteiger partial charge in [-0.2, -0.15) is 0 Å². The molecule has 0 fully saturated rings. The normalized spacial score (nSPS) is 10.4. The molecule has 0 amide bonds. The van der Waals surface area contributed by atoms with E-state index in [9.17, 15) is 0 Å². The summed E-state index contributed by atoms with van der Waals surface area (Å²) in [5.74, 6) is 0. The standard InChI is InChI=1S/C8H15N3O2S/c9-7-6-11-8(14-7)10-2-1-4-13-5-3-12/h6,12H,1-5,9H2,(H,10,11). The van der Waals surface area contributed by atoms with Crippen LogP contribution in [0.25, 0.3) is 0 Å². The maximum Gasteiger partial charge on any atom is 0.184 e. The summed E-state index contributed by atoms with van der Waals surface area (Å²) in [4.78, 5) is 4.05. The summed E-state index contributed by atoms with van der Waals surface area (Å²) < 4.78 is 5.09. The van der Waals surface area contributed by atoms with Crippen molar-refractivity contribution in [1.82, 2.24) is 4.98 Å². The number of nitrogens with two attached hydrogens (primary N) is 1. The van der Waals surface area contributed by atoms with Gasteiger partial charge in [0.2, 0.25) is 0 Å². The number of rotatable bonds is 7. The Labute approximate surface area is 86.9 Å². The van der Waals surface area contributed by atoms with Crippen LogP contribution in [0.5, 0.6) is 0 Å². The van der Waals surface area contributed by atoms with Gasteiger partial charge in [-0.25, -0.2) is 4.98 Å². The number of nitrogens with one attached hydrogen (secondary N) is 1. The molecular formula is C8H15N3O2S. The van der Waals surface area contributed by atoms with Gasteiger partial charge in [0, 0.05) is 13.2 Å². The zero-order valence-corrected chi connectivity index (χ0v) is 8.72. The van der Waals surface area contributed by atoms with Crippen LogP contribution in [-0.4, -0.2) is 36.5 Å². The third-order valence-corrected chi connectivity index (χ3v) is 2.29. The number of aromatic nitrogens is 1. The zero-order valence-electron chi connectivity index (χ0n) is 7.90. The maximum atomic E-state index is 8.44. The third-order valence-electron chi connectivity index (χ3n) is 1.50. The van der Waals surface area contributed by atoms with Crippen LogP contribution < -0.4 is 11.1 Å². The molecule has 0 spiro atoms. The van der Waals surface area contributed by atoms with E-state index in [-0.39, 0.29) is 6.61 Å². The Morgan fingerprint density at radius 1 is 1.57 bits per heavy atom. The first-order valence-corrected chi connectivity index (χ1v) is 5.28. The van der Waals surface area contributed by atoms with Gasteiger partial charge in [-0.1, -0.05) is 11.3 Å². The van der Waals surface area contributed by atoms with Gasteiger partial charge in [-0.15, -0.1) is 0 Å². The summed E-state index contributed by atoms with van der Waals surface area (Å²) in [5.41, 5.74) is 5.51. The molecule has 5 nitrogen and oxygen atoms in total. The second-order valence-electron chi connectivity index (χ2n) is 2.68. The van der Waals surface area contributed by atoms with Crippen LogP contribution in [0.3, 0.4) is 0 Å². The highest BCUT2D eigenvalue weighted by Gasteiger charge is 1.96. The molecule has 1 aromatic rings. The fourth-order valence-electron chi connectivity index (χ4n) is 0.904. The summed E-state index contributed by atoms with van der Waals surface area (Å²) in [6.45, 7) is 1.94. The lowest BCUT2D eigenvalue weighted by Crippen LogP contribution is -2.07. The Morgan fingerprint density at radius 2 is 2.43 bits per heavy atom. The van der Waals surface area contributed by atoms with E-state index >= 15 is 0 Å². The van der Waals surface area contributed by atoms with Crippen LogP contribution in [0.4, 0.5) is 10.1 Å². The highest BCUT2D eigenvalue weighted by Crippen LogP contribution is 2.18. The van der Waals surface area contributed by atoms with Crippen LogP contribution in [0.1, 0.15) is 6.42 Å². The Balaban J connectivity index is 1.99. The van der Waals surface area contributed by atoms with E-state index in [0.29, 0.717) is 18.2 Å². The van der Waals surface area contributed by atoms with Gasteiger partial charge in [0.15, 0.2) is 5.13 Å². The molecule has 1 aromatic heterocycles. The minimum absolute atomic E-state index is 0.0798. The van der Waals surface area contributed by atoms with Crippen LogP contribution in [0.15, 0.2) is 6.20 Å². The molecule has 0 atom stereocenters. The van der Waals surface area contributed by atoms with Crippen molar-refractivity contribution in [3.63, 3.8) is 0 Å². The Hall–Kier alpha value is -0.850. The molecule has 14 heavy (non-hydrogen) atoms. The molecule has 0 saturated heterocycles. The molecule has 1 rings (SSSR count). The minimum atomic E-state index is 0.0798. The smallest absolute Gasteiger partial charge is 0.184 e. The summed E-state index contributed by atoms with van der Waals surface area (Å²) in [7, 11) is 0. The van der Waals surface area contributed by atoms with Gasteiger partial charge in [-0.05, 0) is 6.42 Å². The highest BCUT2D eigenvalue weighted by molar-refractivity contribution is 7.19. The lowest BCUT2D eigenvalue weighted by molar-refractivity contribution is 0.0922. The van der Waals surface area contributed by atoms with Crippen molar-refractivity contribution in [2.75, 3.05) is 37.4 Å². The quantitative estimate of drug-likeness (QED) is 0.581. The minimum Gasteiger partial charge on any atom is -0.394 e. The van der Waals surface area contributed by atoms with Crippen molar-refractivity contribution in [3.8, 4) is 0 Å². The van der Waals surface area contributed by atoms with E-state index < -0.39 is 0 Å². The van der Waals surface area contributed by atoms with Crippen molar-refractivity contribution < 1.29 is 9.84 Å². The first-order chi connectivity index (χ1) is 6.83. The predicted molar refractivity (Wildman–Crippen MR) is 57.5 cm³/mol. The molecule has 0 aliphatic carbocycles. The molecular weight excluding hydrogens is 202 g/mol. The topological polar surface area (TPSA) is 80.4 Å². The number of nitrogens with zero attached hydrogens (tertiary/aromatic N) is 1. The number of ether oxygens (including phenoxy) is 1. The number of aliphatic hydroxyl groups excluding tert-OH is 1. The van der Waals surface area contributed by atoms with Crippen molar-refractivity contribution in [2.24, 2.45) is 0 Å². The number of hydrogen-bond acceptors (Lipinski definition) is 6. The molecule has 0 unspecified atom stereocenters. The first kappa shape index (κ1) is 11.2. The Bertz CT molecular complexity index is 254. The maximum absolute atomic E-state index is 8.44. The van der Waals surface area contributed by atoms with Gasteiger partial charge in [-0.3, -0.25) is 0 Å². The summed E-state index contributed by atoms with van der Waals surface area (Å²) in [6, 6.07) is 0. The molecule has 6 heteroatoms. The van der Waals surface area contributed by atoms with E-state index in [4.69, 9.17) is 15.6 Å². The lowest BCUT2D eigenvalue weighted by atomic mass is 10.4. The molecule has 0 aromatic carbocycles. The van der Waals surface area contributed by atoms with Crippen molar-refractivity contribution in [2.45, 2.75) is 6.42 Å². The molecule has 1 heterocycles. The summed E-state index contributed by atoms with van der Waals surface area (Å²) >= 11 is 1.43. The summed E-state index contributed by atoms with van der Waals surface area (Å²) in [5, 5.41) is 13.1. The molecule has 0 radical (unpaired) electrons. The van der Waals surface area contributed by atoms with E-state index in [0.717, 1.165) is 18.1 Å². The van der Waals surface area contributed by atoms with E-state index in [2.05, 4.69) is 10.3 Å². The van der Waals surface area contributed by atoms with Gasteiger partial charge in [0.1, 0.15) is 5.00 Å². The largest absolute Gasteiger partial charge is 0.394 e. The number of hydrogen-bond donors (Lipinski definition) is 3. The zero-order chi connectivity index (χ0) is 10.2. The Morgan fingerprint density at radius 3 is 3.07 bits per heavy atom. The van der Waals surface area contributed by atoms with Gasteiger partial charge in [0.25, 0.3) is 0 Å². The lowest BCUT2D eigenvalue weighted by Gasteiger charge is -2.02. The third kappa shape index (κ3) is 4.40. The second kappa shape index (κ2) is 6.58. The van der Waals surface area contributed by atoms with Crippen molar-refractivity contribution in [3.05, 3.63) is 6.20 Å². The van der Waals surface area contributed by atoms with Gasteiger partial charge >= 0.3 is 0 Å². The van der Waals surface area contributed by atoms with E-state index in [1.165, 1.54) is 11.3 Å². The predicted octanol–water partition coefficient (Wildman–Crippen LogP) is 0.536. The molecule has 0 aliphatic heterocycles. The first-order valence-electron chi connectivity index (χ1n) is 4.46. The number of anilines is 2. The molecule has 0 bridgehead atoms. The van der Waals surface area contributed by atoms with Crippen molar-refractivity contribution in [1.29, 1.82) is 0 Å². The highest BCUT2D eigenvalue weighted by atomic mass is 32.1. The van der Waals surface area contributed by atoms with E-state index in [1.54, 1.807) is 6.20 Å². The van der Waals surface area contributed by atoms with Crippen LogP contribution in [0.2, 0.25) is 0 Å². The average molecular weight is 217 g/mol. The molecule has 80 valence electrons. The fraction of sp³-hybridized carbons (Fsp3) is 0.625. The molecule has 4 N–H and O–H groups in total. The van der Waals surface area contributed by atoms with Gasteiger partial charge in [0.05, 0.1) is 19.4 Å². The fourth-order valence-corrected chi connectivity index (χ4v) is 1.51.